The summed E-state index contributed by atoms with van der Waals surface area (Å²) in [6.07, 6.45) is 2.83. The number of phenols is 1. The minimum Gasteiger partial charge on any atom is -0.507 e. The summed E-state index contributed by atoms with van der Waals surface area (Å²) in [5.74, 6) is 1.14. The van der Waals surface area contributed by atoms with Gasteiger partial charge in [0.15, 0.2) is 0 Å². The number of phenolic OH excluding ortho intramolecular Hbond substituents is 1. The lowest BCUT2D eigenvalue weighted by atomic mass is 9.75. The molecule has 3 aromatic rings. The van der Waals surface area contributed by atoms with Crippen LogP contribution in [0.25, 0.3) is 22.0 Å². The first-order valence-corrected chi connectivity index (χ1v) is 10.9. The van der Waals surface area contributed by atoms with E-state index in [0.717, 1.165) is 57.5 Å². The van der Waals surface area contributed by atoms with Crippen molar-refractivity contribution in [3.8, 4) is 16.9 Å². The minimum atomic E-state index is -0.0318. The number of aromatic hydroxyl groups is 1. The van der Waals surface area contributed by atoms with Crippen molar-refractivity contribution in [1.82, 2.24) is 4.98 Å². The van der Waals surface area contributed by atoms with Gasteiger partial charge >= 0.3 is 0 Å². The Morgan fingerprint density at radius 3 is 2.50 bits per heavy atom. The first-order valence-electron chi connectivity index (χ1n) is 9.89. The number of rotatable bonds is 5. The number of fused-ring (bicyclic) bond motifs is 3. The summed E-state index contributed by atoms with van der Waals surface area (Å²) in [5.41, 5.74) is 10.9. The molecule has 0 saturated carbocycles. The average Bonchev–Trinajstić information content (AvgIpc) is 3.22. The number of nitrogens with two attached hydrogens (primary N) is 1. The zero-order valence-electron chi connectivity index (χ0n) is 16.3. The van der Waals surface area contributed by atoms with Crippen molar-refractivity contribution in [1.29, 1.82) is 0 Å². The quantitative estimate of drug-likeness (QED) is 0.592. The topological polar surface area (TPSA) is 79.1 Å². The summed E-state index contributed by atoms with van der Waals surface area (Å²) in [5, 5.41) is 11.7. The van der Waals surface area contributed by atoms with Crippen molar-refractivity contribution in [2.24, 2.45) is 5.73 Å². The monoisotopic (exact) mass is 394 g/mol. The average molecular weight is 395 g/mol. The maximum Gasteiger partial charge on any atom is 0.262 e. The highest BCUT2D eigenvalue weighted by atomic mass is 32.2. The number of aromatic nitrogens is 1. The van der Waals surface area contributed by atoms with E-state index < -0.39 is 0 Å². The smallest absolute Gasteiger partial charge is 0.262 e. The number of H-pyrrole nitrogens is 1. The van der Waals surface area contributed by atoms with Gasteiger partial charge in [-0.25, -0.2) is 0 Å². The molecule has 2 heterocycles. The van der Waals surface area contributed by atoms with Crippen LogP contribution in [0.4, 0.5) is 0 Å². The predicted molar refractivity (Wildman–Crippen MR) is 117 cm³/mol. The van der Waals surface area contributed by atoms with E-state index in [1.54, 1.807) is 23.9 Å². The van der Waals surface area contributed by atoms with Crippen LogP contribution in [0.15, 0.2) is 46.1 Å². The van der Waals surface area contributed by atoms with Crippen LogP contribution in [-0.2, 0) is 11.8 Å². The molecule has 0 fully saturated rings. The molecule has 1 aliphatic rings. The van der Waals surface area contributed by atoms with Gasteiger partial charge in [0.1, 0.15) is 5.75 Å². The van der Waals surface area contributed by atoms with E-state index in [1.807, 2.05) is 0 Å². The van der Waals surface area contributed by atoms with Crippen molar-refractivity contribution in [2.75, 3.05) is 12.3 Å². The molecule has 0 radical (unpaired) electrons. The number of hydrogen-bond acceptors (Lipinski definition) is 4. The van der Waals surface area contributed by atoms with Crippen molar-refractivity contribution >= 4 is 22.7 Å². The van der Waals surface area contributed by atoms with Crippen molar-refractivity contribution in [3.63, 3.8) is 0 Å². The lowest BCUT2D eigenvalue weighted by Crippen LogP contribution is -2.33. The summed E-state index contributed by atoms with van der Waals surface area (Å²) >= 11 is 1.59. The summed E-state index contributed by atoms with van der Waals surface area (Å²) in [6, 6.07) is 11.9. The molecule has 0 unspecified atom stereocenters. The number of hydrogen-bond donors (Lipinski definition) is 3. The van der Waals surface area contributed by atoms with Gasteiger partial charge in [-0.05, 0) is 48.1 Å². The second-order valence-electron chi connectivity index (χ2n) is 7.51. The molecule has 0 atom stereocenters. The third-order valence-corrected chi connectivity index (χ3v) is 7.47. The number of thioether (sulfide) groups is 1. The third kappa shape index (κ3) is 2.85. The Balaban J connectivity index is 1.92. The van der Waals surface area contributed by atoms with Crippen LogP contribution in [0, 0.1) is 0 Å². The van der Waals surface area contributed by atoms with Crippen LogP contribution in [0.3, 0.4) is 0 Å². The van der Waals surface area contributed by atoms with Gasteiger partial charge in [-0.1, -0.05) is 38.1 Å². The third-order valence-electron chi connectivity index (χ3n) is 6.34. The highest BCUT2D eigenvalue weighted by Crippen LogP contribution is 2.42. The van der Waals surface area contributed by atoms with Gasteiger partial charge in [0, 0.05) is 34.2 Å². The fraction of sp³-hybridized carbons (Fsp3) is 0.348. The van der Waals surface area contributed by atoms with Crippen LogP contribution in [0.2, 0.25) is 0 Å². The number of benzene rings is 2. The molecule has 2 aromatic carbocycles. The zero-order valence-corrected chi connectivity index (χ0v) is 17.2. The molecular formula is C23H26N2O2S. The molecule has 0 saturated heterocycles. The summed E-state index contributed by atoms with van der Waals surface area (Å²) in [7, 11) is 0. The van der Waals surface area contributed by atoms with E-state index in [-0.39, 0.29) is 16.7 Å². The maximum absolute atomic E-state index is 12.4. The normalized spacial score (nSPS) is 13.8. The summed E-state index contributed by atoms with van der Waals surface area (Å²) in [4.78, 5) is 16.1. The second-order valence-corrected chi connectivity index (χ2v) is 8.62. The minimum absolute atomic E-state index is 0.0115. The Morgan fingerprint density at radius 1 is 1.14 bits per heavy atom. The summed E-state index contributed by atoms with van der Waals surface area (Å²) in [6.45, 7) is 4.97. The SMILES string of the molecule is CCC(CC)(CN)c1ccc(-c2c(O)ccc3[nH]c(=O)c4c(c23)CCS4)cc1. The molecule has 146 valence electrons. The van der Waals surface area contributed by atoms with Crippen molar-refractivity contribution in [3.05, 3.63) is 57.9 Å². The van der Waals surface area contributed by atoms with Crippen LogP contribution in [0.1, 0.15) is 37.8 Å². The van der Waals surface area contributed by atoms with E-state index in [4.69, 9.17) is 5.73 Å². The largest absolute Gasteiger partial charge is 0.507 e. The number of aromatic amines is 1. The highest BCUT2D eigenvalue weighted by Gasteiger charge is 2.27. The van der Waals surface area contributed by atoms with E-state index >= 15 is 0 Å². The molecular weight excluding hydrogens is 368 g/mol. The lowest BCUT2D eigenvalue weighted by Gasteiger charge is -2.31. The molecule has 5 heteroatoms. The molecule has 0 amide bonds. The Kier molecular flexibility index (Phi) is 4.98. The molecule has 4 N–H and O–H groups in total. The number of pyridine rings is 1. The fourth-order valence-electron chi connectivity index (χ4n) is 4.43. The van der Waals surface area contributed by atoms with Gasteiger partial charge < -0.3 is 15.8 Å². The van der Waals surface area contributed by atoms with E-state index in [1.165, 1.54) is 5.56 Å². The lowest BCUT2D eigenvalue weighted by molar-refractivity contribution is 0.407. The highest BCUT2D eigenvalue weighted by molar-refractivity contribution is 7.99. The Labute approximate surface area is 169 Å². The second kappa shape index (κ2) is 7.30. The van der Waals surface area contributed by atoms with Gasteiger partial charge in [-0.2, -0.15) is 0 Å². The maximum atomic E-state index is 12.4. The predicted octanol–water partition coefficient (Wildman–Crippen LogP) is 4.57. The molecule has 0 bridgehead atoms. The standard InChI is InChI=1S/C23H26N2O2S/c1-3-23(4-2,13-24)15-7-5-14(6-8-15)19-18(26)10-9-17-20(19)16-11-12-28-21(16)22(27)25-17/h5-10,26H,3-4,11-13,24H2,1-2H3,(H,25,27). The van der Waals surface area contributed by atoms with Gasteiger partial charge in [-0.15, -0.1) is 11.8 Å². The first-order chi connectivity index (χ1) is 13.5. The molecule has 4 nitrogen and oxygen atoms in total. The Morgan fingerprint density at radius 2 is 1.86 bits per heavy atom. The van der Waals surface area contributed by atoms with Gasteiger partial charge in [0.25, 0.3) is 5.56 Å². The zero-order chi connectivity index (χ0) is 19.9. The Bertz CT molecular complexity index is 1070. The van der Waals surface area contributed by atoms with Gasteiger partial charge in [0.2, 0.25) is 0 Å². The van der Waals surface area contributed by atoms with Crippen LogP contribution < -0.4 is 11.3 Å². The van der Waals surface area contributed by atoms with Crippen LogP contribution >= 0.6 is 11.8 Å². The Hall–Kier alpha value is -2.24. The van der Waals surface area contributed by atoms with Crippen LogP contribution in [-0.4, -0.2) is 22.4 Å². The van der Waals surface area contributed by atoms with Crippen LogP contribution in [0.5, 0.6) is 5.75 Å². The molecule has 0 aliphatic carbocycles. The fourth-order valence-corrected chi connectivity index (χ4v) is 5.50. The van der Waals surface area contributed by atoms with E-state index in [9.17, 15) is 9.90 Å². The van der Waals surface area contributed by atoms with Gasteiger partial charge in [0.05, 0.1) is 4.90 Å². The first kappa shape index (κ1) is 19.1. The molecule has 28 heavy (non-hydrogen) atoms. The van der Waals surface area contributed by atoms with Crippen molar-refractivity contribution in [2.45, 2.75) is 43.4 Å². The van der Waals surface area contributed by atoms with E-state index in [0.29, 0.717) is 6.54 Å². The number of nitrogens with one attached hydrogen (secondary N) is 1. The van der Waals surface area contributed by atoms with Gasteiger partial charge in [-0.3, -0.25) is 4.79 Å². The molecule has 1 aliphatic heterocycles. The number of aryl methyl sites for hydroxylation is 1. The molecule has 4 rings (SSSR count). The molecule has 1 aromatic heterocycles. The van der Waals surface area contributed by atoms with Crippen molar-refractivity contribution < 1.29 is 5.11 Å². The summed E-state index contributed by atoms with van der Waals surface area (Å²) < 4.78 is 0. The van der Waals surface area contributed by atoms with E-state index in [2.05, 4.69) is 43.1 Å². The molecule has 0 spiro atoms.